The normalized spacial score (nSPS) is 15.4. The largest absolute Gasteiger partial charge is 0.329 e. The van der Waals surface area contributed by atoms with Crippen LogP contribution in [0.3, 0.4) is 0 Å². The molecule has 1 aromatic rings. The predicted molar refractivity (Wildman–Crippen MR) is 64.9 cm³/mol. The lowest BCUT2D eigenvalue weighted by Gasteiger charge is -2.36. The summed E-state index contributed by atoms with van der Waals surface area (Å²) in [7, 11) is 2.09. The van der Waals surface area contributed by atoms with Gasteiger partial charge in [-0.1, -0.05) is 6.92 Å². The predicted octanol–water partition coefficient (Wildman–Crippen LogP) is 0.857. The highest BCUT2D eigenvalue weighted by atomic mass is 15.3. The SMILES string of the molecule is CCn1ncnc1CN(C)C(C)(CC)CN. The third-order valence-electron chi connectivity index (χ3n) is 3.50. The van der Waals surface area contributed by atoms with Gasteiger partial charge in [-0.05, 0) is 27.3 Å². The smallest absolute Gasteiger partial charge is 0.141 e. The Hall–Kier alpha value is -0.940. The average molecular weight is 225 g/mol. The van der Waals surface area contributed by atoms with Gasteiger partial charge in [0.25, 0.3) is 0 Å². The Kier molecular flexibility index (Phi) is 4.44. The molecule has 1 aromatic heterocycles. The summed E-state index contributed by atoms with van der Waals surface area (Å²) in [6, 6.07) is 0. The molecule has 1 heterocycles. The van der Waals surface area contributed by atoms with Gasteiger partial charge in [0.15, 0.2) is 0 Å². The molecule has 0 radical (unpaired) electrons. The number of nitrogens with two attached hydrogens (primary N) is 1. The van der Waals surface area contributed by atoms with Crippen LogP contribution in [-0.2, 0) is 13.1 Å². The Balaban J connectivity index is 2.74. The number of hydrogen-bond donors (Lipinski definition) is 1. The van der Waals surface area contributed by atoms with E-state index in [1.54, 1.807) is 6.33 Å². The molecule has 0 bridgehead atoms. The van der Waals surface area contributed by atoms with Gasteiger partial charge >= 0.3 is 0 Å². The number of nitrogens with zero attached hydrogens (tertiary/aromatic N) is 4. The minimum Gasteiger partial charge on any atom is -0.329 e. The van der Waals surface area contributed by atoms with Crippen molar-refractivity contribution in [3.8, 4) is 0 Å². The Labute approximate surface area is 97.6 Å². The summed E-state index contributed by atoms with van der Waals surface area (Å²) in [5.74, 6) is 0.998. The molecular formula is C11H23N5. The van der Waals surface area contributed by atoms with Crippen LogP contribution in [0, 0.1) is 0 Å². The van der Waals surface area contributed by atoms with Crippen LogP contribution in [0.25, 0.3) is 0 Å². The second-order valence-electron chi connectivity index (χ2n) is 4.40. The van der Waals surface area contributed by atoms with Crippen LogP contribution < -0.4 is 5.73 Å². The van der Waals surface area contributed by atoms with Crippen molar-refractivity contribution in [1.82, 2.24) is 19.7 Å². The number of rotatable bonds is 6. The molecule has 0 fully saturated rings. The molecule has 1 atom stereocenters. The van der Waals surface area contributed by atoms with Crippen LogP contribution in [0.2, 0.25) is 0 Å². The highest BCUT2D eigenvalue weighted by Gasteiger charge is 2.26. The maximum atomic E-state index is 5.83. The summed E-state index contributed by atoms with van der Waals surface area (Å²) < 4.78 is 1.92. The van der Waals surface area contributed by atoms with Crippen LogP contribution in [0.15, 0.2) is 6.33 Å². The van der Waals surface area contributed by atoms with Gasteiger partial charge in [-0.15, -0.1) is 0 Å². The minimum atomic E-state index is 0.0323. The molecule has 0 saturated carbocycles. The lowest BCUT2D eigenvalue weighted by Crippen LogP contribution is -2.49. The van der Waals surface area contributed by atoms with E-state index >= 15 is 0 Å². The quantitative estimate of drug-likeness (QED) is 0.780. The summed E-state index contributed by atoms with van der Waals surface area (Å²) in [4.78, 5) is 6.53. The summed E-state index contributed by atoms with van der Waals surface area (Å²) in [6.45, 7) is 8.71. The van der Waals surface area contributed by atoms with E-state index in [0.717, 1.165) is 25.3 Å². The molecule has 5 nitrogen and oxygen atoms in total. The zero-order valence-electron chi connectivity index (χ0n) is 10.8. The molecule has 0 aliphatic rings. The second-order valence-corrected chi connectivity index (χ2v) is 4.40. The molecule has 92 valence electrons. The van der Waals surface area contributed by atoms with Gasteiger partial charge in [-0.25, -0.2) is 9.67 Å². The van der Waals surface area contributed by atoms with E-state index < -0.39 is 0 Å². The third-order valence-corrected chi connectivity index (χ3v) is 3.50. The van der Waals surface area contributed by atoms with Gasteiger partial charge in [0.1, 0.15) is 12.2 Å². The van der Waals surface area contributed by atoms with Crippen LogP contribution in [-0.4, -0.2) is 38.8 Å². The van der Waals surface area contributed by atoms with Crippen molar-refractivity contribution in [1.29, 1.82) is 0 Å². The van der Waals surface area contributed by atoms with Crippen molar-refractivity contribution in [2.45, 2.75) is 45.8 Å². The highest BCUT2D eigenvalue weighted by molar-refractivity contribution is 4.90. The summed E-state index contributed by atoms with van der Waals surface area (Å²) >= 11 is 0. The molecule has 0 spiro atoms. The molecule has 0 saturated heterocycles. The van der Waals surface area contributed by atoms with E-state index in [-0.39, 0.29) is 5.54 Å². The zero-order valence-corrected chi connectivity index (χ0v) is 10.8. The molecule has 2 N–H and O–H groups in total. The maximum Gasteiger partial charge on any atom is 0.141 e. The van der Waals surface area contributed by atoms with Crippen LogP contribution in [0.5, 0.6) is 0 Å². The molecule has 5 heteroatoms. The van der Waals surface area contributed by atoms with E-state index in [2.05, 4.69) is 42.8 Å². The standard InChI is InChI=1S/C11H23N5/c1-5-11(3,8-12)15(4)7-10-13-9-14-16(10)6-2/h9H,5-8,12H2,1-4H3. The molecule has 16 heavy (non-hydrogen) atoms. The van der Waals surface area contributed by atoms with Gasteiger partial charge in [0.2, 0.25) is 0 Å². The fourth-order valence-corrected chi connectivity index (χ4v) is 1.65. The van der Waals surface area contributed by atoms with Crippen molar-refractivity contribution in [3.05, 3.63) is 12.2 Å². The average Bonchev–Trinajstić information content (AvgIpc) is 2.75. The number of likely N-dealkylation sites (N-methyl/N-ethyl adjacent to an activating group) is 1. The Morgan fingerprint density at radius 3 is 2.69 bits per heavy atom. The Bertz CT molecular complexity index is 316. The van der Waals surface area contributed by atoms with E-state index in [1.807, 2.05) is 4.68 Å². The van der Waals surface area contributed by atoms with Crippen LogP contribution in [0.1, 0.15) is 33.0 Å². The topological polar surface area (TPSA) is 60.0 Å². The number of hydrogen-bond acceptors (Lipinski definition) is 4. The molecular weight excluding hydrogens is 202 g/mol. The van der Waals surface area contributed by atoms with E-state index in [9.17, 15) is 0 Å². The Morgan fingerprint density at radius 2 is 2.19 bits per heavy atom. The number of aromatic nitrogens is 3. The molecule has 0 amide bonds. The number of aryl methyl sites for hydroxylation is 1. The van der Waals surface area contributed by atoms with Gasteiger partial charge in [-0.2, -0.15) is 5.10 Å². The molecule has 0 aliphatic heterocycles. The zero-order chi connectivity index (χ0) is 12.2. The summed E-state index contributed by atoms with van der Waals surface area (Å²) in [6.07, 6.45) is 2.64. The first-order valence-electron chi connectivity index (χ1n) is 5.85. The van der Waals surface area contributed by atoms with Gasteiger partial charge in [0, 0.05) is 18.6 Å². The van der Waals surface area contributed by atoms with E-state index in [0.29, 0.717) is 6.54 Å². The maximum absolute atomic E-state index is 5.83. The monoisotopic (exact) mass is 225 g/mol. The van der Waals surface area contributed by atoms with Crippen LogP contribution >= 0.6 is 0 Å². The van der Waals surface area contributed by atoms with Gasteiger partial charge in [0.05, 0.1) is 6.54 Å². The van der Waals surface area contributed by atoms with Crippen LogP contribution in [0.4, 0.5) is 0 Å². The first-order valence-corrected chi connectivity index (χ1v) is 5.85. The lowest BCUT2D eigenvalue weighted by molar-refractivity contribution is 0.126. The van der Waals surface area contributed by atoms with Crippen molar-refractivity contribution >= 4 is 0 Å². The fraction of sp³-hybridized carbons (Fsp3) is 0.818. The highest BCUT2D eigenvalue weighted by Crippen LogP contribution is 2.17. The van der Waals surface area contributed by atoms with Gasteiger partial charge < -0.3 is 5.73 Å². The summed E-state index contributed by atoms with van der Waals surface area (Å²) in [5.41, 5.74) is 5.87. The third kappa shape index (κ3) is 2.59. The van der Waals surface area contributed by atoms with Crippen molar-refractivity contribution < 1.29 is 0 Å². The first kappa shape index (κ1) is 13.1. The molecule has 1 unspecified atom stereocenters. The Morgan fingerprint density at radius 1 is 1.50 bits per heavy atom. The molecule has 1 rings (SSSR count). The van der Waals surface area contributed by atoms with Crippen molar-refractivity contribution in [3.63, 3.8) is 0 Å². The van der Waals surface area contributed by atoms with Crippen molar-refractivity contribution in [2.75, 3.05) is 13.6 Å². The second kappa shape index (κ2) is 5.41. The first-order chi connectivity index (χ1) is 7.57. The van der Waals surface area contributed by atoms with E-state index in [1.165, 1.54) is 0 Å². The molecule has 0 aliphatic carbocycles. The van der Waals surface area contributed by atoms with E-state index in [4.69, 9.17) is 5.73 Å². The minimum absolute atomic E-state index is 0.0323. The fourth-order valence-electron chi connectivity index (χ4n) is 1.65. The lowest BCUT2D eigenvalue weighted by atomic mass is 9.97. The van der Waals surface area contributed by atoms with Gasteiger partial charge in [-0.3, -0.25) is 4.90 Å². The van der Waals surface area contributed by atoms with Crippen molar-refractivity contribution in [2.24, 2.45) is 5.73 Å². The summed E-state index contributed by atoms with van der Waals surface area (Å²) in [5, 5.41) is 4.17. The molecule has 0 aromatic carbocycles.